The molecule has 0 aliphatic rings. The van der Waals surface area contributed by atoms with Crippen LogP contribution in [0.2, 0.25) is 0 Å². The van der Waals surface area contributed by atoms with Crippen molar-refractivity contribution in [1.29, 1.82) is 0 Å². The summed E-state index contributed by atoms with van der Waals surface area (Å²) in [5.74, 6) is -1.91. The van der Waals surface area contributed by atoms with Crippen molar-refractivity contribution < 1.29 is 18.8 Å². The summed E-state index contributed by atoms with van der Waals surface area (Å²) in [6.07, 6.45) is -0.580. The van der Waals surface area contributed by atoms with E-state index in [9.17, 15) is 24.0 Å². The molecule has 0 saturated carbocycles. The maximum absolute atomic E-state index is 13.3. The Bertz CT molecular complexity index is 449. The standard InChI is InChI=1S/C12H15F2NO3/c1-7(2)3-10(16)5-8-4-9(13)6-11(14)12(8)15(17)18/h4,6-7,10,16H,3,5H2,1-2H3. The number of hydrogen-bond acceptors (Lipinski definition) is 3. The van der Waals surface area contributed by atoms with E-state index >= 15 is 0 Å². The Balaban J connectivity index is 3.03. The molecule has 0 aliphatic carbocycles. The molecule has 18 heavy (non-hydrogen) atoms. The molecule has 0 fully saturated rings. The average molecular weight is 259 g/mol. The summed E-state index contributed by atoms with van der Waals surface area (Å²) in [4.78, 5) is 9.82. The molecule has 100 valence electrons. The fourth-order valence-electron chi connectivity index (χ4n) is 1.86. The largest absolute Gasteiger partial charge is 0.393 e. The molecule has 0 bridgehead atoms. The number of nitro groups is 1. The maximum Gasteiger partial charge on any atom is 0.308 e. The molecule has 0 spiro atoms. The highest BCUT2D eigenvalue weighted by molar-refractivity contribution is 5.42. The van der Waals surface area contributed by atoms with Crippen LogP contribution in [0.3, 0.4) is 0 Å². The van der Waals surface area contributed by atoms with E-state index in [1.165, 1.54) is 0 Å². The van der Waals surface area contributed by atoms with E-state index in [0.29, 0.717) is 12.5 Å². The van der Waals surface area contributed by atoms with Gasteiger partial charge in [0.2, 0.25) is 5.82 Å². The minimum absolute atomic E-state index is 0.120. The smallest absolute Gasteiger partial charge is 0.308 e. The third kappa shape index (κ3) is 3.73. The number of hydrogen-bond donors (Lipinski definition) is 1. The van der Waals surface area contributed by atoms with Gasteiger partial charge in [0.1, 0.15) is 5.82 Å². The summed E-state index contributed by atoms with van der Waals surface area (Å²) >= 11 is 0. The second-order valence-corrected chi connectivity index (χ2v) is 4.64. The third-order valence-electron chi connectivity index (χ3n) is 2.49. The van der Waals surface area contributed by atoms with Gasteiger partial charge in [0.25, 0.3) is 0 Å². The first-order valence-corrected chi connectivity index (χ1v) is 5.61. The van der Waals surface area contributed by atoms with Gasteiger partial charge in [-0.15, -0.1) is 0 Å². The summed E-state index contributed by atoms with van der Waals surface area (Å²) in [7, 11) is 0. The highest BCUT2D eigenvalue weighted by Gasteiger charge is 2.23. The monoisotopic (exact) mass is 259 g/mol. The summed E-state index contributed by atoms with van der Waals surface area (Å²) in [6.45, 7) is 3.76. The van der Waals surface area contributed by atoms with Crippen LogP contribution in [-0.2, 0) is 6.42 Å². The molecular weight excluding hydrogens is 244 g/mol. The van der Waals surface area contributed by atoms with Crippen LogP contribution in [0.5, 0.6) is 0 Å². The van der Waals surface area contributed by atoms with E-state index in [-0.39, 0.29) is 17.9 Å². The van der Waals surface area contributed by atoms with Gasteiger partial charge in [-0.25, -0.2) is 4.39 Å². The molecule has 1 aromatic carbocycles. The van der Waals surface area contributed by atoms with Crippen molar-refractivity contribution >= 4 is 5.69 Å². The van der Waals surface area contributed by atoms with Crippen LogP contribution in [0.1, 0.15) is 25.8 Å². The number of halogens is 2. The first-order valence-electron chi connectivity index (χ1n) is 5.61. The molecule has 1 rings (SSSR count). The van der Waals surface area contributed by atoms with Crippen LogP contribution in [0, 0.1) is 27.7 Å². The number of aliphatic hydroxyl groups excluding tert-OH is 1. The first kappa shape index (κ1) is 14.5. The number of benzene rings is 1. The van der Waals surface area contributed by atoms with Crippen LogP contribution in [0.4, 0.5) is 14.5 Å². The Morgan fingerprint density at radius 2 is 2.00 bits per heavy atom. The highest BCUT2D eigenvalue weighted by atomic mass is 19.1. The number of nitrogens with zero attached hydrogens (tertiary/aromatic N) is 1. The Morgan fingerprint density at radius 1 is 1.39 bits per heavy atom. The van der Waals surface area contributed by atoms with Crippen molar-refractivity contribution in [3.63, 3.8) is 0 Å². The average Bonchev–Trinajstić information content (AvgIpc) is 2.12. The van der Waals surface area contributed by atoms with Crippen molar-refractivity contribution in [2.45, 2.75) is 32.8 Å². The van der Waals surface area contributed by atoms with Gasteiger partial charge in [0.05, 0.1) is 11.0 Å². The molecular formula is C12H15F2NO3. The Kier molecular flexibility index (Phi) is 4.72. The quantitative estimate of drug-likeness (QED) is 0.653. The minimum atomic E-state index is -1.22. The van der Waals surface area contributed by atoms with Crippen LogP contribution < -0.4 is 0 Å². The van der Waals surface area contributed by atoms with Gasteiger partial charge in [-0.3, -0.25) is 10.1 Å². The van der Waals surface area contributed by atoms with Crippen molar-refractivity contribution in [2.24, 2.45) is 5.92 Å². The molecule has 0 heterocycles. The lowest BCUT2D eigenvalue weighted by Gasteiger charge is -2.13. The summed E-state index contributed by atoms with van der Waals surface area (Å²) < 4.78 is 26.4. The molecule has 1 atom stereocenters. The second kappa shape index (κ2) is 5.86. The molecule has 4 nitrogen and oxygen atoms in total. The van der Waals surface area contributed by atoms with Crippen molar-refractivity contribution in [3.05, 3.63) is 39.4 Å². The topological polar surface area (TPSA) is 63.4 Å². The predicted molar refractivity (Wildman–Crippen MR) is 62.2 cm³/mol. The van der Waals surface area contributed by atoms with Crippen LogP contribution in [0.15, 0.2) is 12.1 Å². The third-order valence-corrected chi connectivity index (χ3v) is 2.49. The van der Waals surface area contributed by atoms with E-state index in [4.69, 9.17) is 0 Å². The van der Waals surface area contributed by atoms with Crippen molar-refractivity contribution in [3.8, 4) is 0 Å². The Labute approximate surface area is 103 Å². The molecule has 1 N–H and O–H groups in total. The number of aliphatic hydroxyl groups is 1. The molecule has 1 unspecified atom stereocenters. The summed E-state index contributed by atoms with van der Waals surface area (Å²) in [6, 6.07) is 1.36. The summed E-state index contributed by atoms with van der Waals surface area (Å²) in [5, 5.41) is 20.4. The molecule has 0 aliphatic heterocycles. The Morgan fingerprint density at radius 3 is 2.50 bits per heavy atom. The van der Waals surface area contributed by atoms with Gasteiger partial charge in [-0.1, -0.05) is 13.8 Å². The number of nitro benzene ring substituents is 1. The van der Waals surface area contributed by atoms with E-state index in [2.05, 4.69) is 0 Å². The van der Waals surface area contributed by atoms with E-state index in [1.54, 1.807) is 0 Å². The van der Waals surface area contributed by atoms with Crippen molar-refractivity contribution in [2.75, 3.05) is 0 Å². The van der Waals surface area contributed by atoms with Gasteiger partial charge in [-0.2, -0.15) is 4.39 Å². The molecule has 6 heteroatoms. The van der Waals surface area contributed by atoms with Gasteiger partial charge < -0.3 is 5.11 Å². The van der Waals surface area contributed by atoms with E-state index in [0.717, 1.165) is 6.07 Å². The highest BCUT2D eigenvalue weighted by Crippen LogP contribution is 2.26. The zero-order valence-electron chi connectivity index (χ0n) is 10.2. The van der Waals surface area contributed by atoms with Crippen LogP contribution >= 0.6 is 0 Å². The SMILES string of the molecule is CC(C)CC(O)Cc1cc(F)cc(F)c1[N+](=O)[O-]. The molecule has 0 amide bonds. The van der Waals surface area contributed by atoms with Gasteiger partial charge in [0.15, 0.2) is 0 Å². The maximum atomic E-state index is 13.3. The van der Waals surface area contributed by atoms with Gasteiger partial charge in [-0.05, 0) is 18.4 Å². The van der Waals surface area contributed by atoms with Crippen LogP contribution in [0.25, 0.3) is 0 Å². The lowest BCUT2D eigenvalue weighted by Crippen LogP contribution is -2.15. The fourth-order valence-corrected chi connectivity index (χ4v) is 1.86. The van der Waals surface area contributed by atoms with E-state index in [1.807, 2.05) is 13.8 Å². The number of rotatable bonds is 5. The molecule has 0 saturated heterocycles. The van der Waals surface area contributed by atoms with Crippen LogP contribution in [-0.4, -0.2) is 16.1 Å². The summed E-state index contributed by atoms with van der Waals surface area (Å²) in [5.41, 5.74) is -0.884. The van der Waals surface area contributed by atoms with Gasteiger partial charge in [0, 0.05) is 18.1 Å². The lowest BCUT2D eigenvalue weighted by molar-refractivity contribution is -0.388. The zero-order chi connectivity index (χ0) is 13.9. The van der Waals surface area contributed by atoms with Crippen molar-refractivity contribution in [1.82, 2.24) is 0 Å². The zero-order valence-corrected chi connectivity index (χ0v) is 10.2. The molecule has 0 radical (unpaired) electrons. The lowest BCUT2D eigenvalue weighted by atomic mass is 9.98. The fraction of sp³-hybridized carbons (Fsp3) is 0.500. The normalized spacial score (nSPS) is 12.8. The first-order chi connectivity index (χ1) is 8.31. The predicted octanol–water partition coefficient (Wildman–Crippen LogP) is 2.82. The molecule has 0 aromatic heterocycles. The molecule has 1 aromatic rings. The van der Waals surface area contributed by atoms with E-state index < -0.39 is 28.3 Å². The Hall–Kier alpha value is -1.56. The van der Waals surface area contributed by atoms with Gasteiger partial charge >= 0.3 is 5.69 Å². The minimum Gasteiger partial charge on any atom is -0.393 e. The second-order valence-electron chi connectivity index (χ2n) is 4.64.